The Morgan fingerprint density at radius 2 is 2.27 bits per heavy atom. The van der Waals surface area contributed by atoms with Crippen LogP contribution in [0.5, 0.6) is 0 Å². The normalized spacial score (nSPS) is 38.6. The third kappa shape index (κ3) is 1.80. The average Bonchev–Trinajstić information content (AvgIpc) is 1.86. The van der Waals surface area contributed by atoms with Gasteiger partial charge < -0.3 is 5.11 Å². The van der Waals surface area contributed by atoms with Crippen LogP contribution in [0.1, 0.15) is 39.5 Å². The summed E-state index contributed by atoms with van der Waals surface area (Å²) in [4.78, 5) is 11.0. The van der Waals surface area contributed by atoms with Crippen molar-refractivity contribution in [2.45, 2.75) is 45.1 Å². The lowest BCUT2D eigenvalue weighted by atomic mass is 9.77. The summed E-state index contributed by atoms with van der Waals surface area (Å²) in [5.74, 6) is 0.432. The minimum absolute atomic E-state index is 0.0657. The lowest BCUT2D eigenvalue weighted by Crippen LogP contribution is -2.41. The Balaban J connectivity index is 2.63. The summed E-state index contributed by atoms with van der Waals surface area (Å²) in [7, 11) is 0. The molecule has 0 unspecified atom stereocenters. The van der Waals surface area contributed by atoms with Gasteiger partial charge in [-0.25, -0.2) is 0 Å². The predicted molar refractivity (Wildman–Crippen MR) is 43.3 cm³/mol. The molecule has 0 aliphatic heterocycles. The van der Waals surface area contributed by atoms with E-state index in [1.807, 2.05) is 0 Å². The van der Waals surface area contributed by atoms with Crippen molar-refractivity contribution in [1.82, 2.24) is 0 Å². The van der Waals surface area contributed by atoms with Crippen LogP contribution in [0.2, 0.25) is 0 Å². The zero-order chi connectivity index (χ0) is 8.48. The second kappa shape index (κ2) is 2.94. The fraction of sp³-hybridized carbons (Fsp3) is 0.889. The molecule has 2 nitrogen and oxygen atoms in total. The maximum atomic E-state index is 11.0. The Kier molecular flexibility index (Phi) is 2.33. The van der Waals surface area contributed by atoms with Gasteiger partial charge in [-0.2, -0.15) is 0 Å². The Hall–Kier alpha value is -0.370. The lowest BCUT2D eigenvalue weighted by molar-refractivity contribution is -0.139. The van der Waals surface area contributed by atoms with E-state index in [0.29, 0.717) is 18.8 Å². The van der Waals surface area contributed by atoms with Crippen molar-refractivity contribution in [2.75, 3.05) is 0 Å². The molecule has 11 heavy (non-hydrogen) atoms. The molecule has 1 aliphatic carbocycles. The molecule has 0 radical (unpaired) electrons. The molecular weight excluding hydrogens is 140 g/mol. The highest BCUT2D eigenvalue weighted by molar-refractivity contribution is 5.84. The maximum Gasteiger partial charge on any atom is 0.161 e. The van der Waals surface area contributed by atoms with E-state index in [1.54, 1.807) is 0 Å². The molecule has 1 rings (SSSR count). The highest BCUT2D eigenvalue weighted by atomic mass is 16.3. The van der Waals surface area contributed by atoms with Gasteiger partial charge >= 0.3 is 0 Å². The van der Waals surface area contributed by atoms with Crippen LogP contribution < -0.4 is 0 Å². The largest absolute Gasteiger partial charge is 0.382 e. The highest BCUT2D eigenvalue weighted by Gasteiger charge is 2.36. The van der Waals surface area contributed by atoms with Crippen molar-refractivity contribution in [2.24, 2.45) is 5.92 Å². The summed E-state index contributed by atoms with van der Waals surface area (Å²) in [6.45, 7) is 3.57. The first kappa shape index (κ1) is 8.72. The Bertz CT molecular complexity index is 165. The second-order valence-electron chi connectivity index (χ2n) is 3.79. The molecule has 0 bridgehead atoms. The van der Waals surface area contributed by atoms with Gasteiger partial charge in [0.15, 0.2) is 5.78 Å². The zero-order valence-electron chi connectivity index (χ0n) is 7.26. The van der Waals surface area contributed by atoms with Gasteiger partial charge in [0, 0.05) is 0 Å². The molecule has 0 aromatic heterocycles. The first-order chi connectivity index (χ1) is 5.04. The Morgan fingerprint density at radius 1 is 1.64 bits per heavy atom. The maximum absolute atomic E-state index is 11.0. The van der Waals surface area contributed by atoms with Gasteiger partial charge in [-0.05, 0) is 32.1 Å². The molecule has 1 saturated carbocycles. The quantitative estimate of drug-likeness (QED) is 0.625. The van der Waals surface area contributed by atoms with Crippen LogP contribution >= 0.6 is 0 Å². The molecule has 1 N–H and O–H groups in total. The molecule has 0 aromatic rings. The summed E-state index contributed by atoms with van der Waals surface area (Å²) in [5.41, 5.74) is -0.988. The van der Waals surface area contributed by atoms with Gasteiger partial charge in [0.2, 0.25) is 0 Å². The molecule has 0 saturated heterocycles. The third-order valence-corrected chi connectivity index (χ3v) is 2.63. The highest BCUT2D eigenvalue weighted by Crippen LogP contribution is 2.32. The minimum Gasteiger partial charge on any atom is -0.382 e. The summed E-state index contributed by atoms with van der Waals surface area (Å²) in [6, 6.07) is 0. The van der Waals surface area contributed by atoms with E-state index >= 15 is 0 Å². The monoisotopic (exact) mass is 156 g/mol. The van der Waals surface area contributed by atoms with E-state index in [0.717, 1.165) is 12.8 Å². The molecule has 0 heterocycles. The molecular formula is C9H16O2. The van der Waals surface area contributed by atoms with Crippen molar-refractivity contribution >= 4 is 5.78 Å². The molecule has 1 aliphatic rings. The first-order valence-electron chi connectivity index (χ1n) is 4.28. The standard InChI is InChI=1S/C9H16O2/c1-7-4-3-5-9(11,6-7)8(2)10/h7,11H,3-6H2,1-2H3/t7-,9+/m0/s1. The molecule has 0 amide bonds. The topological polar surface area (TPSA) is 37.3 Å². The van der Waals surface area contributed by atoms with Crippen molar-refractivity contribution < 1.29 is 9.90 Å². The molecule has 2 heteroatoms. The van der Waals surface area contributed by atoms with Crippen molar-refractivity contribution in [1.29, 1.82) is 0 Å². The van der Waals surface area contributed by atoms with Gasteiger partial charge in [0.1, 0.15) is 5.60 Å². The van der Waals surface area contributed by atoms with E-state index in [-0.39, 0.29) is 5.78 Å². The van der Waals surface area contributed by atoms with E-state index in [9.17, 15) is 9.90 Å². The number of carbonyl (C=O) groups is 1. The van der Waals surface area contributed by atoms with Crippen LogP contribution in [-0.2, 0) is 4.79 Å². The smallest absolute Gasteiger partial charge is 0.161 e. The van der Waals surface area contributed by atoms with Crippen LogP contribution in [0, 0.1) is 5.92 Å². The van der Waals surface area contributed by atoms with Crippen LogP contribution in [0.25, 0.3) is 0 Å². The summed E-state index contributed by atoms with van der Waals surface area (Å²) >= 11 is 0. The van der Waals surface area contributed by atoms with Crippen molar-refractivity contribution in [3.05, 3.63) is 0 Å². The number of ketones is 1. The SMILES string of the molecule is CC(=O)[C@@]1(O)CCC[C@H](C)C1. The summed E-state index contributed by atoms with van der Waals surface area (Å²) in [6.07, 6.45) is 3.45. The van der Waals surface area contributed by atoms with E-state index in [4.69, 9.17) is 0 Å². The van der Waals surface area contributed by atoms with Gasteiger partial charge in [0.05, 0.1) is 0 Å². The van der Waals surface area contributed by atoms with Gasteiger partial charge in [-0.1, -0.05) is 13.3 Å². The van der Waals surface area contributed by atoms with Gasteiger partial charge in [0.25, 0.3) is 0 Å². The summed E-state index contributed by atoms with van der Waals surface area (Å²) < 4.78 is 0. The Labute approximate surface area is 67.6 Å². The fourth-order valence-electron chi connectivity index (χ4n) is 1.84. The van der Waals surface area contributed by atoms with Crippen molar-refractivity contribution in [3.8, 4) is 0 Å². The van der Waals surface area contributed by atoms with Crippen LogP contribution in [0.3, 0.4) is 0 Å². The molecule has 0 spiro atoms. The number of Topliss-reactive ketones (excluding diaryl/α,β-unsaturated/α-hetero) is 1. The van der Waals surface area contributed by atoms with Crippen LogP contribution in [0.15, 0.2) is 0 Å². The number of rotatable bonds is 1. The van der Waals surface area contributed by atoms with E-state index in [2.05, 4.69) is 6.92 Å². The van der Waals surface area contributed by atoms with Crippen LogP contribution in [-0.4, -0.2) is 16.5 Å². The van der Waals surface area contributed by atoms with Gasteiger partial charge in [-0.3, -0.25) is 4.79 Å². The Morgan fingerprint density at radius 3 is 2.64 bits per heavy atom. The van der Waals surface area contributed by atoms with Gasteiger partial charge in [-0.15, -0.1) is 0 Å². The average molecular weight is 156 g/mol. The second-order valence-corrected chi connectivity index (χ2v) is 3.79. The number of hydrogen-bond acceptors (Lipinski definition) is 2. The third-order valence-electron chi connectivity index (χ3n) is 2.63. The van der Waals surface area contributed by atoms with Crippen molar-refractivity contribution in [3.63, 3.8) is 0 Å². The molecule has 64 valence electrons. The van der Waals surface area contributed by atoms with E-state index in [1.165, 1.54) is 6.92 Å². The molecule has 0 aromatic carbocycles. The number of aliphatic hydroxyl groups is 1. The number of hydrogen-bond donors (Lipinski definition) is 1. The summed E-state index contributed by atoms with van der Waals surface area (Å²) in [5, 5.41) is 9.77. The molecule has 1 fully saturated rings. The lowest BCUT2D eigenvalue weighted by Gasteiger charge is -2.33. The fourth-order valence-corrected chi connectivity index (χ4v) is 1.84. The predicted octanol–water partition coefficient (Wildman–Crippen LogP) is 1.52. The molecule has 2 atom stereocenters. The number of carbonyl (C=O) groups excluding carboxylic acids is 1. The first-order valence-corrected chi connectivity index (χ1v) is 4.28. The zero-order valence-corrected chi connectivity index (χ0v) is 7.26. The van der Waals surface area contributed by atoms with E-state index < -0.39 is 5.60 Å². The van der Waals surface area contributed by atoms with Crippen LogP contribution in [0.4, 0.5) is 0 Å². The minimum atomic E-state index is -0.988.